The Kier molecular flexibility index (Phi) is 7.65. The second kappa shape index (κ2) is 10.0. The topological polar surface area (TPSA) is 66.8 Å². The summed E-state index contributed by atoms with van der Waals surface area (Å²) in [4.78, 5) is 27.3. The Labute approximate surface area is 196 Å². The lowest BCUT2D eigenvalue weighted by Gasteiger charge is -2.26. The van der Waals surface area contributed by atoms with Crippen LogP contribution in [0.3, 0.4) is 0 Å². The smallest absolute Gasteiger partial charge is 0.295 e. The molecule has 31 heavy (non-hydrogen) atoms. The van der Waals surface area contributed by atoms with Gasteiger partial charge in [-0.05, 0) is 62.2 Å². The van der Waals surface area contributed by atoms with E-state index in [-0.39, 0.29) is 24.0 Å². The van der Waals surface area contributed by atoms with Crippen LogP contribution < -0.4 is 0 Å². The number of aliphatic hydroxyl groups is 1. The van der Waals surface area contributed by atoms with Gasteiger partial charge in [0.15, 0.2) is 0 Å². The average molecular weight is 483 g/mol. The molecule has 0 unspecified atom stereocenters. The molecule has 1 aliphatic heterocycles. The molecule has 0 spiro atoms. The minimum atomic E-state index is -0.848. The predicted octanol–water partition coefficient (Wildman–Crippen LogP) is 5.88. The molecule has 0 aromatic heterocycles. The Hall–Kier alpha value is -2.05. The number of aliphatic hydroxyl groups excluding tert-OH is 1. The van der Waals surface area contributed by atoms with Gasteiger partial charge >= 0.3 is 0 Å². The lowest BCUT2D eigenvalue weighted by Crippen LogP contribution is -2.31. The van der Waals surface area contributed by atoms with Crippen molar-refractivity contribution in [3.05, 3.63) is 74.2 Å². The van der Waals surface area contributed by atoms with E-state index in [1.807, 2.05) is 13.8 Å². The summed E-state index contributed by atoms with van der Waals surface area (Å²) >= 11 is 18.4. The summed E-state index contributed by atoms with van der Waals surface area (Å²) in [5, 5.41) is 12.2. The highest BCUT2D eigenvalue weighted by atomic mass is 35.5. The lowest BCUT2D eigenvalue weighted by atomic mass is 9.95. The number of carbonyl (C=O) groups is 2. The third kappa shape index (κ3) is 5.24. The summed E-state index contributed by atoms with van der Waals surface area (Å²) < 4.78 is 5.56. The highest BCUT2D eigenvalue weighted by Crippen LogP contribution is 2.42. The van der Waals surface area contributed by atoms with E-state index in [1.54, 1.807) is 42.5 Å². The van der Waals surface area contributed by atoms with Gasteiger partial charge in [0.2, 0.25) is 0 Å². The van der Waals surface area contributed by atoms with Crippen LogP contribution in [0.15, 0.2) is 48.0 Å². The number of hydrogen-bond donors (Lipinski definition) is 1. The van der Waals surface area contributed by atoms with Gasteiger partial charge in [0.05, 0.1) is 17.7 Å². The molecule has 0 aliphatic carbocycles. The van der Waals surface area contributed by atoms with Crippen molar-refractivity contribution in [1.82, 2.24) is 4.90 Å². The molecule has 1 heterocycles. The van der Waals surface area contributed by atoms with Crippen LogP contribution in [-0.2, 0) is 14.3 Å². The highest BCUT2D eigenvalue weighted by Gasteiger charge is 2.46. The van der Waals surface area contributed by atoms with Crippen LogP contribution in [-0.4, -0.2) is 41.0 Å². The fraction of sp³-hybridized carbons (Fsp3) is 0.304. The summed E-state index contributed by atoms with van der Waals surface area (Å²) in [5.41, 5.74) is 0.854. The molecule has 1 N–H and O–H groups in total. The molecule has 1 atom stereocenters. The molecule has 3 rings (SSSR count). The number of ketones is 1. The first-order valence-corrected chi connectivity index (χ1v) is 10.9. The molecular formula is C23H22Cl3NO4. The molecular weight excluding hydrogens is 461 g/mol. The number of rotatable bonds is 7. The first-order valence-electron chi connectivity index (χ1n) is 9.81. The Morgan fingerprint density at radius 1 is 1.06 bits per heavy atom. The predicted molar refractivity (Wildman–Crippen MR) is 123 cm³/mol. The molecule has 1 saturated heterocycles. The fourth-order valence-corrected chi connectivity index (χ4v) is 4.11. The minimum Gasteiger partial charge on any atom is -0.507 e. The Bertz CT molecular complexity index is 1020. The first kappa shape index (κ1) is 23.6. The maximum atomic E-state index is 13.0. The van der Waals surface area contributed by atoms with Gasteiger partial charge in [0.1, 0.15) is 5.76 Å². The van der Waals surface area contributed by atoms with Gasteiger partial charge in [0, 0.05) is 33.8 Å². The number of likely N-dealkylation sites (tertiary alicyclic amines) is 1. The molecule has 0 bridgehead atoms. The Morgan fingerprint density at radius 3 is 2.32 bits per heavy atom. The number of ether oxygens (including phenoxy) is 1. The van der Waals surface area contributed by atoms with Crippen LogP contribution in [0.2, 0.25) is 15.1 Å². The Balaban J connectivity index is 2.07. The third-order valence-corrected chi connectivity index (χ3v) is 5.72. The van der Waals surface area contributed by atoms with Crippen molar-refractivity contribution in [3.63, 3.8) is 0 Å². The first-order chi connectivity index (χ1) is 14.7. The summed E-state index contributed by atoms with van der Waals surface area (Å²) in [6, 6.07) is 10.4. The van der Waals surface area contributed by atoms with Gasteiger partial charge < -0.3 is 14.7 Å². The van der Waals surface area contributed by atoms with Crippen molar-refractivity contribution in [3.8, 4) is 0 Å². The maximum Gasteiger partial charge on any atom is 0.295 e. The van der Waals surface area contributed by atoms with E-state index < -0.39 is 17.7 Å². The van der Waals surface area contributed by atoms with Crippen molar-refractivity contribution in [1.29, 1.82) is 0 Å². The molecule has 0 radical (unpaired) electrons. The number of nitrogens with zero attached hydrogens (tertiary/aromatic N) is 1. The number of Topliss-reactive ketones (excluding diaryl/α,β-unsaturated/α-hetero) is 1. The SMILES string of the molecule is CC(C)OCCCN1C(=O)C(=O)C(=C(O)c2ccc(Cl)cc2)[C@H]1c1ccc(Cl)cc1Cl. The molecule has 1 fully saturated rings. The van der Waals surface area contributed by atoms with Crippen molar-refractivity contribution in [2.24, 2.45) is 0 Å². The van der Waals surface area contributed by atoms with Crippen LogP contribution >= 0.6 is 34.8 Å². The van der Waals surface area contributed by atoms with Crippen LogP contribution in [0, 0.1) is 0 Å². The quantitative estimate of drug-likeness (QED) is 0.231. The van der Waals surface area contributed by atoms with Crippen LogP contribution in [0.5, 0.6) is 0 Å². The van der Waals surface area contributed by atoms with Crippen LogP contribution in [0.25, 0.3) is 5.76 Å². The summed E-state index contributed by atoms with van der Waals surface area (Å²) in [6.45, 7) is 4.54. The second-order valence-electron chi connectivity index (χ2n) is 7.44. The maximum absolute atomic E-state index is 13.0. The van der Waals surface area contributed by atoms with Crippen molar-refractivity contribution in [2.45, 2.75) is 32.4 Å². The zero-order chi connectivity index (χ0) is 22.7. The Morgan fingerprint density at radius 2 is 1.71 bits per heavy atom. The fourth-order valence-electron chi connectivity index (χ4n) is 3.47. The number of hydrogen-bond acceptors (Lipinski definition) is 4. The summed E-state index contributed by atoms with van der Waals surface area (Å²) in [7, 11) is 0. The summed E-state index contributed by atoms with van der Waals surface area (Å²) in [5.74, 6) is -1.75. The van der Waals surface area contributed by atoms with Gasteiger partial charge in [-0.2, -0.15) is 0 Å². The van der Waals surface area contributed by atoms with E-state index >= 15 is 0 Å². The van der Waals surface area contributed by atoms with E-state index in [2.05, 4.69) is 0 Å². The van der Waals surface area contributed by atoms with E-state index in [9.17, 15) is 14.7 Å². The average Bonchev–Trinajstić information content (AvgIpc) is 2.96. The van der Waals surface area contributed by atoms with Crippen LogP contribution in [0.4, 0.5) is 0 Å². The standard InChI is InChI=1S/C23H22Cl3NO4/c1-13(2)31-11-3-10-27-20(17-9-8-16(25)12-18(17)26)19(22(29)23(27)30)21(28)14-4-6-15(24)7-5-14/h4-9,12-13,20,28H,3,10-11H2,1-2H3/t20-/m1/s1. The second-order valence-corrected chi connectivity index (χ2v) is 8.72. The largest absolute Gasteiger partial charge is 0.507 e. The monoisotopic (exact) mass is 481 g/mol. The molecule has 2 aromatic carbocycles. The van der Waals surface area contributed by atoms with Gasteiger partial charge in [-0.15, -0.1) is 0 Å². The highest BCUT2D eigenvalue weighted by molar-refractivity contribution is 6.47. The number of benzene rings is 2. The molecule has 5 nitrogen and oxygen atoms in total. The van der Waals surface area contributed by atoms with E-state index in [0.717, 1.165) is 0 Å². The molecule has 0 saturated carbocycles. The van der Waals surface area contributed by atoms with Gasteiger partial charge in [-0.1, -0.05) is 40.9 Å². The van der Waals surface area contributed by atoms with Gasteiger partial charge in [-0.3, -0.25) is 9.59 Å². The van der Waals surface area contributed by atoms with Crippen molar-refractivity contribution in [2.75, 3.05) is 13.2 Å². The van der Waals surface area contributed by atoms with E-state index in [4.69, 9.17) is 39.5 Å². The minimum absolute atomic E-state index is 0.0266. The van der Waals surface area contributed by atoms with E-state index in [0.29, 0.717) is 39.2 Å². The van der Waals surface area contributed by atoms with Gasteiger partial charge in [0.25, 0.3) is 11.7 Å². The zero-order valence-corrected chi connectivity index (χ0v) is 19.3. The molecule has 1 amide bonds. The molecule has 164 valence electrons. The lowest BCUT2D eigenvalue weighted by molar-refractivity contribution is -0.140. The molecule has 1 aliphatic rings. The van der Waals surface area contributed by atoms with Crippen molar-refractivity contribution >= 4 is 52.3 Å². The van der Waals surface area contributed by atoms with Crippen LogP contribution in [0.1, 0.15) is 37.4 Å². The van der Waals surface area contributed by atoms with Gasteiger partial charge in [-0.25, -0.2) is 0 Å². The van der Waals surface area contributed by atoms with Crippen molar-refractivity contribution < 1.29 is 19.4 Å². The summed E-state index contributed by atoms with van der Waals surface area (Å²) in [6.07, 6.45) is 0.579. The third-order valence-electron chi connectivity index (χ3n) is 4.91. The van der Waals surface area contributed by atoms with E-state index in [1.165, 1.54) is 4.90 Å². The number of halogens is 3. The zero-order valence-electron chi connectivity index (χ0n) is 17.1. The molecule has 8 heteroatoms. The number of carbonyl (C=O) groups excluding carboxylic acids is 2. The molecule has 2 aromatic rings. The number of amides is 1. The normalized spacial score (nSPS) is 18.3.